The van der Waals surface area contributed by atoms with E-state index in [1.54, 1.807) is 0 Å². The van der Waals surface area contributed by atoms with Crippen molar-refractivity contribution in [1.82, 2.24) is 0 Å². The molecule has 4 heteroatoms. The summed E-state index contributed by atoms with van der Waals surface area (Å²) < 4.78 is 22.9. The van der Waals surface area contributed by atoms with Gasteiger partial charge in [0.15, 0.2) is 0 Å². The molecule has 4 rings (SSSR count). The minimum Gasteiger partial charge on any atom is -0.493 e. The molecule has 0 unspecified atom stereocenters. The number of rotatable bonds is 8. The van der Waals surface area contributed by atoms with E-state index in [9.17, 15) is 0 Å². The zero-order valence-electron chi connectivity index (χ0n) is 15.8. The van der Waals surface area contributed by atoms with Crippen LogP contribution in [-0.2, 0) is 9.47 Å². The number of hydrogen-bond acceptors (Lipinski definition) is 4. The molecule has 2 aliphatic rings. The number of hydrogen-bond donors (Lipinski definition) is 0. The molecule has 0 radical (unpaired) electrons. The van der Waals surface area contributed by atoms with Crippen LogP contribution in [0.2, 0.25) is 0 Å². The normalized spacial score (nSPS) is 20.2. The molecular weight excluding hydrogens is 328 g/mol. The van der Waals surface area contributed by atoms with Gasteiger partial charge in [-0.3, -0.25) is 0 Å². The Hall–Kier alpha value is -1.78. The third kappa shape index (κ3) is 3.40. The molecule has 0 saturated carbocycles. The molecule has 2 aliphatic heterocycles. The molecule has 26 heavy (non-hydrogen) atoms. The molecule has 4 nitrogen and oxygen atoms in total. The van der Waals surface area contributed by atoms with Gasteiger partial charge in [0.1, 0.15) is 11.5 Å². The lowest BCUT2D eigenvalue weighted by atomic mass is 9.84. The smallest absolute Gasteiger partial charge is 0.119 e. The van der Waals surface area contributed by atoms with Crippen molar-refractivity contribution < 1.29 is 18.9 Å². The first-order valence-electron chi connectivity index (χ1n) is 9.61. The maximum absolute atomic E-state index is 6.07. The zero-order chi connectivity index (χ0) is 18.0. The molecule has 2 aromatic carbocycles. The third-order valence-electron chi connectivity index (χ3n) is 6.01. The van der Waals surface area contributed by atoms with Gasteiger partial charge in [0.2, 0.25) is 0 Å². The van der Waals surface area contributed by atoms with Gasteiger partial charge in [0.05, 0.1) is 50.5 Å². The maximum Gasteiger partial charge on any atom is 0.119 e. The van der Waals surface area contributed by atoms with Crippen LogP contribution in [0, 0.1) is 10.8 Å². The average Bonchev–Trinajstić information content (AvgIpc) is 2.60. The second-order valence-electron chi connectivity index (χ2n) is 7.94. The monoisotopic (exact) mass is 356 g/mol. The second kappa shape index (κ2) is 7.09. The van der Waals surface area contributed by atoms with Crippen molar-refractivity contribution >= 4 is 10.8 Å². The van der Waals surface area contributed by atoms with Crippen LogP contribution in [0.25, 0.3) is 10.8 Å². The summed E-state index contributed by atoms with van der Waals surface area (Å²) in [5.41, 5.74) is 0.387. The summed E-state index contributed by atoms with van der Waals surface area (Å²) in [7, 11) is 0. The van der Waals surface area contributed by atoms with E-state index in [0.717, 1.165) is 56.2 Å². The van der Waals surface area contributed by atoms with E-state index >= 15 is 0 Å². The van der Waals surface area contributed by atoms with E-state index in [1.165, 1.54) is 5.39 Å². The third-order valence-corrected chi connectivity index (χ3v) is 6.01. The SMILES string of the molecule is CCC1(COc2ccc3ccc(OCC4(CC)COC4)cc3c2)COC1. The molecular formula is C22H28O4. The second-order valence-corrected chi connectivity index (χ2v) is 7.94. The molecule has 2 aromatic rings. The number of benzene rings is 2. The van der Waals surface area contributed by atoms with E-state index in [0.29, 0.717) is 13.2 Å². The van der Waals surface area contributed by atoms with Crippen molar-refractivity contribution in [2.45, 2.75) is 26.7 Å². The van der Waals surface area contributed by atoms with Gasteiger partial charge in [0.25, 0.3) is 0 Å². The predicted molar refractivity (Wildman–Crippen MR) is 102 cm³/mol. The summed E-state index contributed by atoms with van der Waals surface area (Å²) in [5.74, 6) is 1.82. The topological polar surface area (TPSA) is 36.9 Å². The minimum atomic E-state index is 0.194. The zero-order valence-corrected chi connectivity index (χ0v) is 15.8. The van der Waals surface area contributed by atoms with Gasteiger partial charge in [0, 0.05) is 0 Å². The fourth-order valence-corrected chi connectivity index (χ4v) is 3.42. The van der Waals surface area contributed by atoms with Crippen LogP contribution in [-0.4, -0.2) is 39.6 Å². The molecule has 0 aliphatic carbocycles. The van der Waals surface area contributed by atoms with Crippen molar-refractivity contribution in [2.24, 2.45) is 10.8 Å². The number of ether oxygens (including phenoxy) is 4. The summed E-state index contributed by atoms with van der Waals surface area (Å²) >= 11 is 0. The highest BCUT2D eigenvalue weighted by Gasteiger charge is 2.38. The Morgan fingerprint density at radius 1 is 0.731 bits per heavy atom. The van der Waals surface area contributed by atoms with Crippen LogP contribution in [0.4, 0.5) is 0 Å². The van der Waals surface area contributed by atoms with Crippen molar-refractivity contribution in [3.05, 3.63) is 36.4 Å². The Morgan fingerprint density at radius 3 is 1.54 bits per heavy atom. The predicted octanol–water partition coefficient (Wildman–Crippen LogP) is 4.45. The van der Waals surface area contributed by atoms with Crippen LogP contribution in [0.3, 0.4) is 0 Å². The van der Waals surface area contributed by atoms with Gasteiger partial charge in [-0.25, -0.2) is 0 Å². The standard InChI is InChI=1S/C22H28O4/c1-3-21(11-23-12-21)15-25-19-7-5-17-6-8-20(10-18(17)9-19)26-16-22(4-2)13-24-14-22/h5-10H,3-4,11-16H2,1-2H3. The number of fused-ring (bicyclic) bond motifs is 1. The lowest BCUT2D eigenvalue weighted by Crippen LogP contribution is -2.46. The Kier molecular flexibility index (Phi) is 4.80. The van der Waals surface area contributed by atoms with Crippen LogP contribution < -0.4 is 9.47 Å². The fourth-order valence-electron chi connectivity index (χ4n) is 3.42. The Labute approximate surface area is 155 Å². The molecule has 2 heterocycles. The van der Waals surface area contributed by atoms with Crippen molar-refractivity contribution in [1.29, 1.82) is 0 Å². The van der Waals surface area contributed by atoms with E-state index in [2.05, 4.69) is 38.1 Å². The van der Waals surface area contributed by atoms with Gasteiger partial charge in [-0.2, -0.15) is 0 Å². The highest BCUT2D eigenvalue weighted by atomic mass is 16.5. The fraction of sp³-hybridized carbons (Fsp3) is 0.545. The van der Waals surface area contributed by atoms with Gasteiger partial charge in [-0.1, -0.05) is 26.0 Å². The van der Waals surface area contributed by atoms with Crippen molar-refractivity contribution in [3.8, 4) is 11.5 Å². The van der Waals surface area contributed by atoms with Crippen LogP contribution >= 0.6 is 0 Å². The first kappa shape index (κ1) is 17.6. The Balaban J connectivity index is 1.44. The van der Waals surface area contributed by atoms with E-state index in [1.807, 2.05) is 12.1 Å². The largest absolute Gasteiger partial charge is 0.493 e. The molecule has 140 valence electrons. The van der Waals surface area contributed by atoms with Crippen molar-refractivity contribution in [3.63, 3.8) is 0 Å². The highest BCUT2D eigenvalue weighted by molar-refractivity contribution is 5.85. The Bertz CT molecular complexity index is 690. The van der Waals surface area contributed by atoms with E-state index in [-0.39, 0.29) is 10.8 Å². The lowest BCUT2D eigenvalue weighted by molar-refractivity contribution is -0.133. The molecule has 0 spiro atoms. The quantitative estimate of drug-likeness (QED) is 0.700. The van der Waals surface area contributed by atoms with Gasteiger partial charge in [-0.15, -0.1) is 0 Å². The molecule has 0 amide bonds. The Morgan fingerprint density at radius 2 is 1.19 bits per heavy atom. The summed E-state index contributed by atoms with van der Waals surface area (Å²) in [4.78, 5) is 0. The minimum absolute atomic E-state index is 0.194. The van der Waals surface area contributed by atoms with Gasteiger partial charge >= 0.3 is 0 Å². The van der Waals surface area contributed by atoms with Crippen LogP contribution in [0.15, 0.2) is 36.4 Å². The molecule has 2 saturated heterocycles. The molecule has 0 N–H and O–H groups in total. The summed E-state index contributed by atoms with van der Waals surface area (Å²) in [6.07, 6.45) is 2.17. The molecule has 0 aromatic heterocycles. The first-order valence-corrected chi connectivity index (χ1v) is 9.61. The van der Waals surface area contributed by atoms with Gasteiger partial charge in [-0.05, 0) is 47.9 Å². The van der Waals surface area contributed by atoms with E-state index in [4.69, 9.17) is 18.9 Å². The first-order chi connectivity index (χ1) is 12.7. The average molecular weight is 356 g/mol. The summed E-state index contributed by atoms with van der Waals surface area (Å²) in [6.45, 7) is 9.04. The molecule has 0 bridgehead atoms. The maximum atomic E-state index is 6.07. The van der Waals surface area contributed by atoms with Crippen molar-refractivity contribution in [2.75, 3.05) is 39.6 Å². The van der Waals surface area contributed by atoms with E-state index < -0.39 is 0 Å². The summed E-state index contributed by atoms with van der Waals surface area (Å²) in [5, 5.41) is 2.34. The molecule has 0 atom stereocenters. The lowest BCUT2D eigenvalue weighted by Gasteiger charge is -2.40. The van der Waals surface area contributed by atoms with Crippen LogP contribution in [0.1, 0.15) is 26.7 Å². The van der Waals surface area contributed by atoms with Gasteiger partial charge < -0.3 is 18.9 Å². The highest BCUT2D eigenvalue weighted by Crippen LogP contribution is 2.34. The van der Waals surface area contributed by atoms with Crippen LogP contribution in [0.5, 0.6) is 11.5 Å². The summed E-state index contributed by atoms with van der Waals surface area (Å²) in [6, 6.07) is 12.5. The molecule has 2 fully saturated rings.